The van der Waals surface area contributed by atoms with Gasteiger partial charge in [0.25, 0.3) is 0 Å². The van der Waals surface area contributed by atoms with Crippen LogP contribution in [0.4, 0.5) is 0 Å². The predicted molar refractivity (Wildman–Crippen MR) is 86.0 cm³/mol. The second kappa shape index (κ2) is 8.21. The van der Waals surface area contributed by atoms with Gasteiger partial charge in [-0.3, -0.25) is 4.79 Å². The number of Topliss-reactive ketones (excluding diaryl/α,β-unsaturated/α-hetero) is 1. The summed E-state index contributed by atoms with van der Waals surface area (Å²) in [6, 6.07) is 8.98. The third-order valence-electron chi connectivity index (χ3n) is 3.38. The molecular formula is C18H29NO. The zero-order valence-corrected chi connectivity index (χ0v) is 13.6. The summed E-state index contributed by atoms with van der Waals surface area (Å²) in [5, 5.41) is 3.38. The van der Waals surface area contributed by atoms with E-state index in [1.165, 1.54) is 11.1 Å². The summed E-state index contributed by atoms with van der Waals surface area (Å²) in [6.45, 7) is 10.6. The molecule has 0 spiro atoms. The highest BCUT2D eigenvalue weighted by Crippen LogP contribution is 2.12. The Labute approximate surface area is 124 Å². The largest absolute Gasteiger partial charge is 0.305 e. The van der Waals surface area contributed by atoms with E-state index in [9.17, 15) is 4.79 Å². The summed E-state index contributed by atoms with van der Waals surface area (Å²) in [4.78, 5) is 12.0. The lowest BCUT2D eigenvalue weighted by atomic mass is 9.97. The van der Waals surface area contributed by atoms with Crippen molar-refractivity contribution in [2.24, 2.45) is 5.92 Å². The molecule has 0 saturated carbocycles. The number of nitrogens with one attached hydrogen (secondary N) is 1. The van der Waals surface area contributed by atoms with E-state index in [2.05, 4.69) is 57.3 Å². The minimum atomic E-state index is -0.0593. The standard InChI is InChI=1S/C18H29NO/c1-6-18(20)17(19-14(4)5)12-16-9-7-15(8-10-16)11-13(2)3/h7-10,13-14,17,19H,6,11-12H2,1-5H3. The Hall–Kier alpha value is -1.15. The molecule has 1 N–H and O–H groups in total. The zero-order valence-electron chi connectivity index (χ0n) is 13.6. The molecule has 1 aromatic carbocycles. The van der Waals surface area contributed by atoms with Gasteiger partial charge in [0, 0.05) is 12.5 Å². The molecule has 0 heterocycles. The molecule has 0 aromatic heterocycles. The van der Waals surface area contributed by atoms with Gasteiger partial charge >= 0.3 is 0 Å². The molecule has 0 aliphatic rings. The molecule has 0 aliphatic carbocycles. The van der Waals surface area contributed by atoms with Gasteiger partial charge in [0.05, 0.1) is 6.04 Å². The molecule has 0 bridgehead atoms. The molecule has 112 valence electrons. The Bertz CT molecular complexity index is 406. The number of hydrogen-bond acceptors (Lipinski definition) is 2. The van der Waals surface area contributed by atoms with Crippen molar-refractivity contribution < 1.29 is 4.79 Å². The van der Waals surface area contributed by atoms with Gasteiger partial charge in [0.15, 0.2) is 0 Å². The van der Waals surface area contributed by atoms with Crippen molar-refractivity contribution in [3.63, 3.8) is 0 Å². The third kappa shape index (κ3) is 5.87. The summed E-state index contributed by atoms with van der Waals surface area (Å²) >= 11 is 0. The maximum Gasteiger partial charge on any atom is 0.149 e. The fourth-order valence-corrected chi connectivity index (χ4v) is 2.43. The van der Waals surface area contributed by atoms with E-state index in [4.69, 9.17) is 0 Å². The minimum absolute atomic E-state index is 0.0593. The minimum Gasteiger partial charge on any atom is -0.305 e. The van der Waals surface area contributed by atoms with Crippen LogP contribution in [0.5, 0.6) is 0 Å². The van der Waals surface area contributed by atoms with Gasteiger partial charge in [-0.15, -0.1) is 0 Å². The van der Waals surface area contributed by atoms with Crippen molar-refractivity contribution >= 4 is 5.78 Å². The second-order valence-corrected chi connectivity index (χ2v) is 6.31. The molecule has 1 unspecified atom stereocenters. The van der Waals surface area contributed by atoms with Gasteiger partial charge in [0.1, 0.15) is 5.78 Å². The van der Waals surface area contributed by atoms with E-state index in [1.54, 1.807) is 0 Å². The molecule has 0 aliphatic heterocycles. The quantitative estimate of drug-likeness (QED) is 0.782. The van der Waals surface area contributed by atoms with E-state index in [-0.39, 0.29) is 6.04 Å². The maximum absolute atomic E-state index is 12.0. The summed E-state index contributed by atoms with van der Waals surface area (Å²) in [5.74, 6) is 0.975. The van der Waals surface area contributed by atoms with Crippen molar-refractivity contribution in [3.8, 4) is 0 Å². The van der Waals surface area contributed by atoms with E-state index in [0.717, 1.165) is 12.8 Å². The van der Waals surface area contributed by atoms with E-state index in [0.29, 0.717) is 24.2 Å². The molecule has 20 heavy (non-hydrogen) atoms. The fraction of sp³-hybridized carbons (Fsp3) is 0.611. The van der Waals surface area contributed by atoms with Gasteiger partial charge in [-0.25, -0.2) is 0 Å². The molecule has 0 fully saturated rings. The lowest BCUT2D eigenvalue weighted by Crippen LogP contribution is -2.42. The number of hydrogen-bond donors (Lipinski definition) is 1. The van der Waals surface area contributed by atoms with Crippen LogP contribution in [0.15, 0.2) is 24.3 Å². The van der Waals surface area contributed by atoms with Gasteiger partial charge in [-0.2, -0.15) is 0 Å². The van der Waals surface area contributed by atoms with Crippen LogP contribution in [0, 0.1) is 5.92 Å². The fourth-order valence-electron chi connectivity index (χ4n) is 2.43. The number of carbonyl (C=O) groups excluding carboxylic acids is 1. The first kappa shape index (κ1) is 16.9. The van der Waals surface area contributed by atoms with Crippen molar-refractivity contribution in [1.82, 2.24) is 5.32 Å². The molecule has 0 saturated heterocycles. The molecule has 2 heteroatoms. The van der Waals surface area contributed by atoms with Crippen molar-refractivity contribution in [3.05, 3.63) is 35.4 Å². The van der Waals surface area contributed by atoms with Crippen LogP contribution in [-0.4, -0.2) is 17.9 Å². The molecule has 2 nitrogen and oxygen atoms in total. The zero-order chi connectivity index (χ0) is 15.1. The molecule has 0 amide bonds. The van der Waals surface area contributed by atoms with Crippen LogP contribution in [0.3, 0.4) is 0 Å². The number of rotatable bonds is 8. The van der Waals surface area contributed by atoms with Gasteiger partial charge in [-0.05, 0) is 29.9 Å². The van der Waals surface area contributed by atoms with E-state index >= 15 is 0 Å². The molecular weight excluding hydrogens is 246 g/mol. The van der Waals surface area contributed by atoms with Crippen molar-refractivity contribution in [2.75, 3.05) is 0 Å². The van der Waals surface area contributed by atoms with E-state index in [1.807, 2.05) is 6.92 Å². The Morgan fingerprint density at radius 1 is 1.00 bits per heavy atom. The lowest BCUT2D eigenvalue weighted by Gasteiger charge is -2.20. The number of carbonyl (C=O) groups is 1. The number of ketones is 1. The third-order valence-corrected chi connectivity index (χ3v) is 3.38. The van der Waals surface area contributed by atoms with Crippen LogP contribution in [-0.2, 0) is 17.6 Å². The number of benzene rings is 1. The van der Waals surface area contributed by atoms with Gasteiger partial charge in [0.2, 0.25) is 0 Å². The summed E-state index contributed by atoms with van der Waals surface area (Å²) in [7, 11) is 0. The van der Waals surface area contributed by atoms with Crippen LogP contribution < -0.4 is 5.32 Å². The average molecular weight is 275 g/mol. The molecule has 1 atom stereocenters. The van der Waals surface area contributed by atoms with Gasteiger partial charge in [-0.1, -0.05) is 58.9 Å². The second-order valence-electron chi connectivity index (χ2n) is 6.31. The Morgan fingerprint density at radius 2 is 1.50 bits per heavy atom. The first-order chi connectivity index (χ1) is 9.42. The SMILES string of the molecule is CCC(=O)C(Cc1ccc(CC(C)C)cc1)NC(C)C. The Balaban J connectivity index is 2.70. The van der Waals surface area contributed by atoms with Gasteiger partial charge < -0.3 is 5.32 Å². The van der Waals surface area contributed by atoms with Crippen molar-refractivity contribution in [2.45, 2.75) is 66.0 Å². The lowest BCUT2D eigenvalue weighted by molar-refractivity contribution is -0.120. The molecule has 0 radical (unpaired) electrons. The smallest absolute Gasteiger partial charge is 0.149 e. The topological polar surface area (TPSA) is 29.1 Å². The maximum atomic E-state index is 12.0. The Morgan fingerprint density at radius 3 is 1.90 bits per heavy atom. The first-order valence-electron chi connectivity index (χ1n) is 7.79. The highest BCUT2D eigenvalue weighted by atomic mass is 16.1. The van der Waals surface area contributed by atoms with Crippen LogP contribution in [0.2, 0.25) is 0 Å². The first-order valence-corrected chi connectivity index (χ1v) is 7.79. The summed E-state index contributed by atoms with van der Waals surface area (Å²) in [6.07, 6.45) is 2.49. The van der Waals surface area contributed by atoms with Crippen molar-refractivity contribution in [1.29, 1.82) is 0 Å². The summed E-state index contributed by atoms with van der Waals surface area (Å²) < 4.78 is 0. The van der Waals surface area contributed by atoms with Crippen LogP contribution >= 0.6 is 0 Å². The average Bonchev–Trinajstić information content (AvgIpc) is 2.38. The normalized spacial score (nSPS) is 12.9. The van der Waals surface area contributed by atoms with Crippen LogP contribution in [0.1, 0.15) is 52.2 Å². The molecule has 1 rings (SSSR count). The van der Waals surface area contributed by atoms with Crippen LogP contribution in [0.25, 0.3) is 0 Å². The highest BCUT2D eigenvalue weighted by Gasteiger charge is 2.17. The monoisotopic (exact) mass is 275 g/mol. The van der Waals surface area contributed by atoms with E-state index < -0.39 is 0 Å². The predicted octanol–water partition coefficient (Wildman–Crippen LogP) is 3.77. The Kier molecular flexibility index (Phi) is 6.94. The summed E-state index contributed by atoms with van der Waals surface area (Å²) in [5.41, 5.74) is 2.61. The molecule has 1 aromatic rings. The highest BCUT2D eigenvalue weighted by molar-refractivity contribution is 5.84.